The molecule has 2 saturated heterocycles. The molecule has 75 valence electrons. The van der Waals surface area contributed by atoms with Crippen molar-refractivity contribution < 1.29 is 0 Å². The number of hydrogen-bond donors (Lipinski definition) is 0. The summed E-state index contributed by atoms with van der Waals surface area (Å²) in [5.41, 5.74) is 0. The van der Waals surface area contributed by atoms with Crippen molar-refractivity contribution in [1.82, 2.24) is 15.1 Å². The summed E-state index contributed by atoms with van der Waals surface area (Å²) in [6.07, 6.45) is 2.78. The molecule has 3 nitrogen and oxygen atoms in total. The van der Waals surface area contributed by atoms with Gasteiger partial charge in [0.25, 0.3) is 0 Å². The highest BCUT2D eigenvalue weighted by atomic mass is 15.2. The van der Waals surface area contributed by atoms with Gasteiger partial charge < -0.3 is 4.90 Å². The van der Waals surface area contributed by atoms with Crippen LogP contribution in [0.4, 0.5) is 0 Å². The number of nitrogens with zero attached hydrogens (tertiary/aromatic N) is 3. The fraction of sp³-hybridized carbons (Fsp3) is 1.00. The second-order valence-corrected chi connectivity index (χ2v) is 4.25. The third kappa shape index (κ3) is 2.42. The molecule has 0 spiro atoms. The Hall–Kier alpha value is -0.120. The van der Waals surface area contributed by atoms with Crippen LogP contribution in [-0.4, -0.2) is 62.2 Å². The first-order chi connectivity index (χ1) is 6.36. The molecule has 2 fully saturated rings. The minimum Gasteiger partial charge on any atom is -0.302 e. The Labute approximate surface area is 81.1 Å². The van der Waals surface area contributed by atoms with E-state index in [4.69, 9.17) is 0 Å². The van der Waals surface area contributed by atoms with Gasteiger partial charge in [-0.1, -0.05) is 0 Å². The van der Waals surface area contributed by atoms with Gasteiger partial charge in [-0.3, -0.25) is 4.90 Å². The van der Waals surface area contributed by atoms with Gasteiger partial charge in [-0.2, -0.15) is 0 Å². The topological polar surface area (TPSA) is 20.6 Å². The van der Waals surface area contributed by atoms with Crippen molar-refractivity contribution in [2.24, 2.45) is 0 Å². The molecule has 0 amide bonds. The number of rotatable bonds is 2. The molecule has 0 unspecified atom stereocenters. The zero-order valence-electron chi connectivity index (χ0n) is 8.58. The number of hydrogen-bond acceptors (Lipinski definition) is 2. The summed E-state index contributed by atoms with van der Waals surface area (Å²) in [7, 11) is 2.26. The third-order valence-electron chi connectivity index (χ3n) is 3.29. The van der Waals surface area contributed by atoms with Crippen molar-refractivity contribution >= 4 is 0 Å². The summed E-state index contributed by atoms with van der Waals surface area (Å²) in [6, 6.07) is 0.818. The van der Waals surface area contributed by atoms with Crippen LogP contribution in [0.2, 0.25) is 0 Å². The van der Waals surface area contributed by atoms with Crippen molar-refractivity contribution in [1.29, 1.82) is 0 Å². The van der Waals surface area contributed by atoms with E-state index in [2.05, 4.69) is 22.2 Å². The molecular formula is C10H20N3. The van der Waals surface area contributed by atoms with Crippen LogP contribution in [0.25, 0.3) is 0 Å². The summed E-state index contributed by atoms with van der Waals surface area (Å²) < 4.78 is 0. The zero-order chi connectivity index (χ0) is 9.10. The Morgan fingerprint density at radius 1 is 1.23 bits per heavy atom. The van der Waals surface area contributed by atoms with Crippen LogP contribution in [0, 0.1) is 0 Å². The molecule has 0 aromatic rings. The number of piperazine rings is 1. The predicted molar refractivity (Wildman–Crippen MR) is 54.0 cm³/mol. The maximum atomic E-state index is 4.37. The van der Waals surface area contributed by atoms with E-state index in [0.717, 1.165) is 19.1 Å². The molecule has 1 radical (unpaired) electrons. The van der Waals surface area contributed by atoms with E-state index >= 15 is 0 Å². The number of likely N-dealkylation sites (N-methyl/N-ethyl adjacent to an activating group) is 1. The largest absolute Gasteiger partial charge is 0.302 e. The van der Waals surface area contributed by atoms with Crippen LogP contribution in [-0.2, 0) is 0 Å². The van der Waals surface area contributed by atoms with Crippen molar-refractivity contribution in [3.8, 4) is 0 Å². The van der Waals surface area contributed by atoms with Crippen LogP contribution >= 0.6 is 0 Å². The van der Waals surface area contributed by atoms with Gasteiger partial charge in [0.1, 0.15) is 0 Å². The fourth-order valence-electron chi connectivity index (χ4n) is 2.34. The molecule has 1 atom stereocenters. The smallest absolute Gasteiger partial charge is 0.0261 e. The second kappa shape index (κ2) is 4.40. The third-order valence-corrected chi connectivity index (χ3v) is 3.29. The molecule has 0 bridgehead atoms. The van der Waals surface area contributed by atoms with Crippen LogP contribution in [0.15, 0.2) is 0 Å². The Bertz CT molecular complexity index is 154. The Kier molecular flexibility index (Phi) is 3.19. The highest BCUT2D eigenvalue weighted by molar-refractivity contribution is 4.81. The monoisotopic (exact) mass is 182 g/mol. The first-order valence-electron chi connectivity index (χ1n) is 5.42. The van der Waals surface area contributed by atoms with Gasteiger partial charge >= 0.3 is 0 Å². The molecule has 13 heavy (non-hydrogen) atoms. The highest BCUT2D eigenvalue weighted by Gasteiger charge is 2.23. The quantitative estimate of drug-likeness (QED) is 0.599. The molecule has 0 aromatic carbocycles. The molecule has 2 rings (SSSR count). The van der Waals surface area contributed by atoms with E-state index in [1.165, 1.54) is 39.0 Å². The molecule has 0 N–H and O–H groups in total. The predicted octanol–water partition coefficient (Wildman–Crippen LogP) is 0.000600. The highest BCUT2D eigenvalue weighted by Crippen LogP contribution is 2.15. The number of likely N-dealkylation sites (tertiary alicyclic amines) is 1. The van der Waals surface area contributed by atoms with Crippen LogP contribution in [0.5, 0.6) is 0 Å². The first kappa shape index (κ1) is 9.44. The zero-order valence-corrected chi connectivity index (χ0v) is 8.58. The standard InChI is InChI=1S/C10H20N3/c1-12-6-2-3-10(12)9-13-7-4-11-5-8-13/h10H,2-9H2,1H3/t10-/m1/s1. The van der Waals surface area contributed by atoms with E-state index in [1.807, 2.05) is 0 Å². The first-order valence-corrected chi connectivity index (χ1v) is 5.42. The molecule has 0 saturated carbocycles. The average Bonchev–Trinajstić information content (AvgIpc) is 2.54. The van der Waals surface area contributed by atoms with Crippen molar-refractivity contribution in [3.63, 3.8) is 0 Å². The minimum absolute atomic E-state index is 0.818. The van der Waals surface area contributed by atoms with Gasteiger partial charge in [0.05, 0.1) is 0 Å². The van der Waals surface area contributed by atoms with Gasteiger partial charge in [-0.15, -0.1) is 0 Å². The average molecular weight is 182 g/mol. The van der Waals surface area contributed by atoms with E-state index in [1.54, 1.807) is 0 Å². The summed E-state index contributed by atoms with van der Waals surface area (Å²) in [6.45, 7) is 7.04. The van der Waals surface area contributed by atoms with Crippen molar-refractivity contribution in [2.45, 2.75) is 18.9 Å². The van der Waals surface area contributed by atoms with Gasteiger partial charge in [0.15, 0.2) is 0 Å². The van der Waals surface area contributed by atoms with E-state index in [-0.39, 0.29) is 0 Å². The van der Waals surface area contributed by atoms with Crippen molar-refractivity contribution in [3.05, 3.63) is 0 Å². The van der Waals surface area contributed by atoms with Gasteiger partial charge in [-0.05, 0) is 26.4 Å². The van der Waals surface area contributed by atoms with E-state index < -0.39 is 0 Å². The normalized spacial score (nSPS) is 32.5. The molecule has 2 aliphatic rings. The molecule has 2 aliphatic heterocycles. The second-order valence-electron chi connectivity index (χ2n) is 4.25. The molecule has 3 heteroatoms. The Morgan fingerprint density at radius 2 is 2.00 bits per heavy atom. The van der Waals surface area contributed by atoms with Gasteiger partial charge in [0, 0.05) is 38.8 Å². The lowest BCUT2D eigenvalue weighted by Crippen LogP contribution is -2.46. The van der Waals surface area contributed by atoms with Crippen LogP contribution in [0.3, 0.4) is 0 Å². The maximum absolute atomic E-state index is 4.37. The lowest BCUT2D eigenvalue weighted by molar-refractivity contribution is 0.175. The van der Waals surface area contributed by atoms with Gasteiger partial charge in [0.2, 0.25) is 0 Å². The summed E-state index contributed by atoms with van der Waals surface area (Å²) in [5.74, 6) is 0. The Morgan fingerprint density at radius 3 is 2.62 bits per heavy atom. The van der Waals surface area contributed by atoms with E-state index in [9.17, 15) is 0 Å². The molecule has 0 aliphatic carbocycles. The molecular weight excluding hydrogens is 162 g/mol. The van der Waals surface area contributed by atoms with Gasteiger partial charge in [-0.25, -0.2) is 5.32 Å². The summed E-state index contributed by atoms with van der Waals surface area (Å²) in [4.78, 5) is 5.07. The Balaban J connectivity index is 1.75. The van der Waals surface area contributed by atoms with Crippen LogP contribution in [0.1, 0.15) is 12.8 Å². The molecule has 0 aromatic heterocycles. The minimum atomic E-state index is 0.818. The maximum Gasteiger partial charge on any atom is 0.0261 e. The fourth-order valence-corrected chi connectivity index (χ4v) is 2.34. The molecule has 2 heterocycles. The lowest BCUT2D eigenvalue weighted by Gasteiger charge is -2.31. The van der Waals surface area contributed by atoms with Crippen LogP contribution < -0.4 is 5.32 Å². The summed E-state index contributed by atoms with van der Waals surface area (Å²) >= 11 is 0. The lowest BCUT2D eigenvalue weighted by atomic mass is 10.2. The SMILES string of the molecule is CN1CCC[C@@H]1CN1CC[N]CC1. The van der Waals surface area contributed by atoms with Crippen molar-refractivity contribution in [2.75, 3.05) is 46.3 Å². The van der Waals surface area contributed by atoms with E-state index in [0.29, 0.717) is 0 Å². The summed E-state index contributed by atoms with van der Waals surface area (Å²) in [5, 5.41) is 4.37.